The monoisotopic (exact) mass is 422 g/mol. The third kappa shape index (κ3) is 4.18. The maximum atomic E-state index is 13.2. The lowest BCUT2D eigenvalue weighted by atomic mass is 10.0. The number of aryl methyl sites for hydroxylation is 4. The van der Waals surface area contributed by atoms with Crippen molar-refractivity contribution in [3.8, 4) is 0 Å². The average molecular weight is 422 g/mol. The Balaban J connectivity index is 2.04. The number of amides is 1. The maximum Gasteiger partial charge on any atom is 0.406 e. The van der Waals surface area contributed by atoms with Gasteiger partial charge in [-0.25, -0.2) is 4.98 Å². The fourth-order valence-electron chi connectivity index (χ4n) is 4.39. The van der Waals surface area contributed by atoms with Gasteiger partial charge in [0, 0.05) is 25.3 Å². The topological polar surface area (TPSA) is 41.4 Å². The summed E-state index contributed by atoms with van der Waals surface area (Å²) in [5.41, 5.74) is 5.27. The number of carbonyl (C=O) groups is 1. The molecule has 0 fully saturated rings. The molecule has 0 saturated carbocycles. The highest BCUT2D eigenvalue weighted by Crippen LogP contribution is 2.37. The molecule has 3 rings (SSSR count). The van der Waals surface area contributed by atoms with Gasteiger partial charge in [-0.3, -0.25) is 4.79 Å². The molecular weight excluding hydrogens is 393 g/mol. The Morgan fingerprint density at radius 1 is 1.13 bits per heavy atom. The molecule has 2 heterocycles. The Kier molecular flexibility index (Phi) is 6.15. The summed E-state index contributed by atoms with van der Waals surface area (Å²) in [7, 11) is 0. The molecule has 1 aliphatic heterocycles. The Labute approximate surface area is 175 Å². The molecule has 2 aromatic rings. The summed E-state index contributed by atoms with van der Waals surface area (Å²) >= 11 is 0. The van der Waals surface area contributed by atoms with Gasteiger partial charge >= 0.3 is 6.18 Å². The fraction of sp³-hybridized carbons (Fsp3) is 0.545. The largest absolute Gasteiger partial charge is 0.406 e. The minimum absolute atomic E-state index is 0.0574. The molecule has 0 radical (unpaired) electrons. The summed E-state index contributed by atoms with van der Waals surface area (Å²) in [6.45, 7) is 9.72. The molecule has 0 spiro atoms. The van der Waals surface area contributed by atoms with Crippen molar-refractivity contribution in [3.05, 3.63) is 40.2 Å². The van der Waals surface area contributed by atoms with E-state index >= 15 is 0 Å². The van der Waals surface area contributed by atoms with E-state index in [0.29, 0.717) is 37.6 Å². The van der Waals surface area contributed by atoms with E-state index in [1.165, 1.54) is 5.56 Å². The van der Waals surface area contributed by atoms with Crippen LogP contribution in [-0.4, -0.2) is 46.2 Å². The molecule has 1 aliphatic rings. The molecule has 0 N–H and O–H groups in total. The molecular formula is C22H29F3N4O. The van der Waals surface area contributed by atoms with Gasteiger partial charge in [-0.05, 0) is 44.7 Å². The second-order valence-corrected chi connectivity index (χ2v) is 7.95. The van der Waals surface area contributed by atoms with Gasteiger partial charge in [0.1, 0.15) is 12.2 Å². The summed E-state index contributed by atoms with van der Waals surface area (Å²) in [5, 5.41) is 0. The molecule has 0 bridgehead atoms. The smallest absolute Gasteiger partial charge is 0.328 e. The molecule has 0 atom stereocenters. The van der Waals surface area contributed by atoms with Crippen molar-refractivity contribution < 1.29 is 18.0 Å². The molecule has 164 valence electrons. The van der Waals surface area contributed by atoms with Gasteiger partial charge in [0.25, 0.3) is 5.91 Å². The molecule has 1 amide bonds. The Morgan fingerprint density at radius 3 is 2.30 bits per heavy atom. The zero-order valence-corrected chi connectivity index (χ0v) is 18.2. The van der Waals surface area contributed by atoms with Crippen molar-refractivity contribution in [2.24, 2.45) is 0 Å². The predicted molar refractivity (Wildman–Crippen MR) is 112 cm³/mol. The number of imidazole rings is 1. The van der Waals surface area contributed by atoms with E-state index in [0.717, 1.165) is 21.7 Å². The van der Waals surface area contributed by atoms with Crippen LogP contribution in [0, 0.1) is 20.8 Å². The summed E-state index contributed by atoms with van der Waals surface area (Å²) in [5.74, 6) is 0.0395. The number of alkyl halides is 3. The molecule has 5 nitrogen and oxygen atoms in total. The van der Waals surface area contributed by atoms with Crippen LogP contribution < -0.4 is 4.90 Å². The van der Waals surface area contributed by atoms with Crippen LogP contribution in [0.3, 0.4) is 0 Å². The second kappa shape index (κ2) is 8.32. The van der Waals surface area contributed by atoms with Crippen LogP contribution in [0.5, 0.6) is 0 Å². The van der Waals surface area contributed by atoms with E-state index in [4.69, 9.17) is 4.98 Å². The number of benzene rings is 1. The molecule has 1 aromatic carbocycles. The Bertz CT molecular complexity index is 926. The summed E-state index contributed by atoms with van der Waals surface area (Å²) in [4.78, 5) is 20.8. The number of nitrogens with zero attached hydrogens (tertiary/aromatic N) is 4. The lowest BCUT2D eigenvalue weighted by Gasteiger charge is -2.24. The second-order valence-electron chi connectivity index (χ2n) is 7.95. The van der Waals surface area contributed by atoms with Crippen molar-refractivity contribution in [2.45, 2.75) is 60.2 Å². The van der Waals surface area contributed by atoms with E-state index in [1.54, 1.807) is 11.5 Å². The number of hydrogen-bond acceptors (Lipinski definition) is 3. The highest BCUT2D eigenvalue weighted by Gasteiger charge is 2.37. The van der Waals surface area contributed by atoms with Gasteiger partial charge < -0.3 is 14.4 Å². The van der Waals surface area contributed by atoms with Crippen LogP contribution in [-0.2, 0) is 13.0 Å². The molecule has 0 unspecified atom stereocenters. The quantitative estimate of drug-likeness (QED) is 0.662. The van der Waals surface area contributed by atoms with E-state index < -0.39 is 18.6 Å². The number of halogens is 3. The van der Waals surface area contributed by atoms with Crippen LogP contribution >= 0.6 is 0 Å². The number of aromatic nitrogens is 2. The van der Waals surface area contributed by atoms with Gasteiger partial charge in [-0.15, -0.1) is 0 Å². The lowest BCUT2D eigenvalue weighted by molar-refractivity contribution is -0.140. The molecule has 30 heavy (non-hydrogen) atoms. The first-order valence-electron chi connectivity index (χ1n) is 10.4. The van der Waals surface area contributed by atoms with Crippen molar-refractivity contribution in [1.82, 2.24) is 14.5 Å². The first kappa shape index (κ1) is 22.2. The van der Waals surface area contributed by atoms with Crippen molar-refractivity contribution in [1.29, 1.82) is 0 Å². The van der Waals surface area contributed by atoms with Crippen molar-refractivity contribution in [3.63, 3.8) is 0 Å². The highest BCUT2D eigenvalue weighted by atomic mass is 19.4. The molecule has 0 saturated heterocycles. The number of rotatable bonds is 6. The van der Waals surface area contributed by atoms with Crippen LogP contribution in [0.25, 0.3) is 0 Å². The van der Waals surface area contributed by atoms with Crippen molar-refractivity contribution >= 4 is 17.5 Å². The zero-order chi connectivity index (χ0) is 22.2. The summed E-state index contributed by atoms with van der Waals surface area (Å²) < 4.78 is 41.0. The predicted octanol–water partition coefficient (Wildman–Crippen LogP) is 4.94. The summed E-state index contributed by atoms with van der Waals surface area (Å²) in [6.07, 6.45) is -3.50. The van der Waals surface area contributed by atoms with Crippen LogP contribution in [0.2, 0.25) is 0 Å². The highest BCUT2D eigenvalue weighted by molar-refractivity contribution is 5.95. The summed E-state index contributed by atoms with van der Waals surface area (Å²) in [6, 6.07) is 4.21. The first-order chi connectivity index (χ1) is 14.1. The Morgan fingerprint density at radius 2 is 1.77 bits per heavy atom. The third-order valence-corrected chi connectivity index (χ3v) is 5.40. The van der Waals surface area contributed by atoms with E-state index in [1.807, 2.05) is 27.7 Å². The van der Waals surface area contributed by atoms with Gasteiger partial charge in [0.05, 0.1) is 5.69 Å². The van der Waals surface area contributed by atoms with Crippen LogP contribution in [0.4, 0.5) is 24.8 Å². The zero-order valence-electron chi connectivity index (χ0n) is 18.2. The standard InChI is InChI=1S/C22H29F3N4O/c1-6-8-27(13-22(23,24)25)20(30)19-17(7-2)26-21-28(9-10-29(19)21)18-15(4)11-14(3)12-16(18)5/h11-12H,6-10,13H2,1-5H3. The number of hydrogen-bond donors (Lipinski definition) is 0. The van der Waals surface area contributed by atoms with Gasteiger partial charge in [-0.1, -0.05) is 31.5 Å². The van der Waals surface area contributed by atoms with Crippen molar-refractivity contribution in [2.75, 3.05) is 24.5 Å². The SMILES string of the molecule is CCCN(CC(F)(F)F)C(=O)c1c(CC)nc2n1CCN2c1c(C)cc(C)cc1C. The lowest BCUT2D eigenvalue weighted by Crippen LogP contribution is -2.40. The van der Waals surface area contributed by atoms with Gasteiger partial charge in [-0.2, -0.15) is 13.2 Å². The van der Waals surface area contributed by atoms with E-state index in [2.05, 4.69) is 17.0 Å². The van der Waals surface area contributed by atoms with E-state index in [-0.39, 0.29) is 12.2 Å². The van der Waals surface area contributed by atoms with E-state index in [9.17, 15) is 18.0 Å². The Hall–Kier alpha value is -2.51. The fourth-order valence-corrected chi connectivity index (χ4v) is 4.39. The maximum absolute atomic E-state index is 13.2. The van der Waals surface area contributed by atoms with Gasteiger partial charge in [0.15, 0.2) is 0 Å². The number of fused-ring (bicyclic) bond motifs is 1. The average Bonchev–Trinajstić information content (AvgIpc) is 3.18. The van der Waals surface area contributed by atoms with Gasteiger partial charge in [0.2, 0.25) is 5.95 Å². The normalized spacial score (nSPS) is 13.7. The minimum Gasteiger partial charge on any atom is -0.328 e. The third-order valence-electron chi connectivity index (χ3n) is 5.40. The number of carbonyl (C=O) groups excluding carboxylic acids is 1. The van der Waals surface area contributed by atoms with Crippen LogP contribution in [0.1, 0.15) is 53.1 Å². The molecule has 1 aromatic heterocycles. The van der Waals surface area contributed by atoms with Crippen LogP contribution in [0.15, 0.2) is 12.1 Å². The minimum atomic E-state index is -4.44. The first-order valence-corrected chi connectivity index (χ1v) is 10.4. The molecule has 8 heteroatoms. The number of anilines is 2. The molecule has 0 aliphatic carbocycles.